The Kier molecular flexibility index (Phi) is 7.31. The number of pyridine rings is 2. The van der Waals surface area contributed by atoms with Gasteiger partial charge in [-0.1, -0.05) is 30.3 Å². The Hall–Kier alpha value is -4.72. The van der Waals surface area contributed by atoms with Crippen molar-refractivity contribution >= 4 is 22.5 Å². The first-order chi connectivity index (χ1) is 18.5. The number of ether oxygens (including phenoxy) is 1. The molecule has 2 aromatic heterocycles. The molecule has 0 aliphatic carbocycles. The average Bonchev–Trinajstić information content (AvgIpc) is 2.93. The van der Waals surface area contributed by atoms with E-state index in [4.69, 9.17) is 4.74 Å². The summed E-state index contributed by atoms with van der Waals surface area (Å²) in [5.41, 5.74) is 2.38. The maximum Gasteiger partial charge on any atom is 0.231 e. The van der Waals surface area contributed by atoms with Crippen LogP contribution in [-0.2, 0) is 24.4 Å². The summed E-state index contributed by atoms with van der Waals surface area (Å²) >= 11 is 0. The van der Waals surface area contributed by atoms with Crippen LogP contribution >= 0.6 is 0 Å². The van der Waals surface area contributed by atoms with Crippen molar-refractivity contribution in [3.63, 3.8) is 0 Å². The first-order valence-corrected chi connectivity index (χ1v) is 11.9. The van der Waals surface area contributed by atoms with Gasteiger partial charge in [0, 0.05) is 41.2 Å². The Morgan fingerprint density at radius 1 is 0.868 bits per heavy atom. The fourth-order valence-electron chi connectivity index (χ4n) is 4.05. The van der Waals surface area contributed by atoms with Crippen molar-refractivity contribution in [3.8, 4) is 5.75 Å². The smallest absolute Gasteiger partial charge is 0.231 e. The normalized spacial score (nSPS) is 10.9. The van der Waals surface area contributed by atoms with E-state index < -0.39 is 35.3 Å². The zero-order valence-electron chi connectivity index (χ0n) is 20.2. The molecule has 38 heavy (non-hydrogen) atoms. The number of para-hydroxylation sites is 1. The monoisotopic (exact) mass is 513 g/mol. The molecule has 2 heterocycles. The van der Waals surface area contributed by atoms with E-state index in [-0.39, 0.29) is 13.2 Å². The van der Waals surface area contributed by atoms with E-state index in [2.05, 4.69) is 9.97 Å². The van der Waals surface area contributed by atoms with Crippen LogP contribution in [0.25, 0.3) is 10.9 Å². The fourth-order valence-corrected chi connectivity index (χ4v) is 4.05. The molecule has 0 unspecified atom stereocenters. The summed E-state index contributed by atoms with van der Waals surface area (Å²) in [6.45, 7) is 0.379. The standard InChI is InChI=1S/C30H22F3N3O2/c31-22-14-27(32)26(28(33)15-22)16-30(37)36(18-20-4-3-13-34-17-20)24-9-11-25(12-10-24)38-19-23-8-7-21-5-1-2-6-29(21)35-23/h1-15,17H,16,18-19H2. The highest BCUT2D eigenvalue weighted by molar-refractivity contribution is 5.94. The van der Waals surface area contributed by atoms with E-state index in [9.17, 15) is 18.0 Å². The van der Waals surface area contributed by atoms with Gasteiger partial charge < -0.3 is 9.64 Å². The number of aromatic nitrogens is 2. The lowest BCUT2D eigenvalue weighted by Gasteiger charge is -2.23. The lowest BCUT2D eigenvalue weighted by Crippen LogP contribution is -2.32. The van der Waals surface area contributed by atoms with Crippen LogP contribution in [0, 0.1) is 17.5 Å². The maximum atomic E-state index is 14.2. The minimum Gasteiger partial charge on any atom is -0.487 e. The second kappa shape index (κ2) is 11.1. The van der Waals surface area contributed by atoms with Crippen LogP contribution in [0.4, 0.5) is 18.9 Å². The molecule has 190 valence electrons. The second-order valence-electron chi connectivity index (χ2n) is 8.64. The molecule has 5 rings (SSSR count). The van der Waals surface area contributed by atoms with Gasteiger partial charge in [0.1, 0.15) is 29.8 Å². The number of amides is 1. The summed E-state index contributed by atoms with van der Waals surface area (Å²) in [6.07, 6.45) is 2.63. The fraction of sp³-hybridized carbons (Fsp3) is 0.100. The van der Waals surface area contributed by atoms with Crippen LogP contribution in [0.3, 0.4) is 0 Å². The van der Waals surface area contributed by atoms with E-state index in [1.807, 2.05) is 36.4 Å². The summed E-state index contributed by atoms with van der Waals surface area (Å²) in [7, 11) is 0. The van der Waals surface area contributed by atoms with E-state index in [1.165, 1.54) is 4.90 Å². The molecule has 0 spiro atoms. The Bertz CT molecular complexity index is 1550. The van der Waals surface area contributed by atoms with Crippen molar-refractivity contribution < 1.29 is 22.7 Å². The summed E-state index contributed by atoms with van der Waals surface area (Å²) in [4.78, 5) is 23.3. The molecular weight excluding hydrogens is 491 g/mol. The number of fused-ring (bicyclic) bond motifs is 1. The molecule has 8 heteroatoms. The van der Waals surface area contributed by atoms with E-state index in [1.54, 1.807) is 48.8 Å². The number of carbonyl (C=O) groups excluding carboxylic acids is 1. The molecular formula is C30H22F3N3O2. The lowest BCUT2D eigenvalue weighted by molar-refractivity contribution is -0.118. The van der Waals surface area contributed by atoms with Gasteiger partial charge in [-0.25, -0.2) is 18.2 Å². The highest BCUT2D eigenvalue weighted by Crippen LogP contribution is 2.24. The lowest BCUT2D eigenvalue weighted by atomic mass is 10.1. The summed E-state index contributed by atoms with van der Waals surface area (Å²) in [5.74, 6) is -3.26. The number of carbonyl (C=O) groups is 1. The third kappa shape index (κ3) is 5.81. The van der Waals surface area contributed by atoms with Gasteiger partial charge in [0.15, 0.2) is 0 Å². The third-order valence-corrected chi connectivity index (χ3v) is 5.99. The molecule has 0 bridgehead atoms. The number of rotatable bonds is 8. The predicted octanol–water partition coefficient (Wildman–Crippen LogP) is 6.40. The van der Waals surface area contributed by atoms with Gasteiger partial charge in [0.05, 0.1) is 24.2 Å². The summed E-state index contributed by atoms with van der Waals surface area (Å²) in [5, 5.41) is 1.04. The van der Waals surface area contributed by atoms with Gasteiger partial charge in [-0.15, -0.1) is 0 Å². The number of hydrogen-bond acceptors (Lipinski definition) is 4. The minimum atomic E-state index is -1.11. The van der Waals surface area contributed by atoms with Gasteiger partial charge in [-0.3, -0.25) is 9.78 Å². The van der Waals surface area contributed by atoms with Gasteiger partial charge in [0.2, 0.25) is 5.91 Å². The van der Waals surface area contributed by atoms with Crippen molar-refractivity contribution in [3.05, 3.63) is 132 Å². The van der Waals surface area contributed by atoms with Gasteiger partial charge in [-0.05, 0) is 48.0 Å². The first kappa shape index (κ1) is 25.0. The second-order valence-corrected chi connectivity index (χ2v) is 8.64. The quantitative estimate of drug-likeness (QED) is 0.241. The minimum absolute atomic E-state index is 0.123. The topological polar surface area (TPSA) is 55.3 Å². The molecule has 0 aliphatic rings. The zero-order chi connectivity index (χ0) is 26.5. The van der Waals surface area contributed by atoms with Crippen LogP contribution in [0.1, 0.15) is 16.8 Å². The largest absolute Gasteiger partial charge is 0.487 e. The maximum absolute atomic E-state index is 14.2. The highest BCUT2D eigenvalue weighted by atomic mass is 19.1. The average molecular weight is 514 g/mol. The Labute approximate surface area is 217 Å². The number of halogens is 3. The van der Waals surface area contributed by atoms with Crippen molar-refractivity contribution in [1.82, 2.24) is 9.97 Å². The Morgan fingerprint density at radius 2 is 1.63 bits per heavy atom. The van der Waals surface area contributed by atoms with Crippen molar-refractivity contribution in [2.24, 2.45) is 0 Å². The van der Waals surface area contributed by atoms with Crippen molar-refractivity contribution in [1.29, 1.82) is 0 Å². The third-order valence-electron chi connectivity index (χ3n) is 5.99. The number of anilines is 1. The molecule has 0 aliphatic heterocycles. The van der Waals surface area contributed by atoms with Crippen molar-refractivity contribution in [2.45, 2.75) is 19.6 Å². The molecule has 0 radical (unpaired) electrons. The summed E-state index contributed by atoms with van der Waals surface area (Å²) < 4.78 is 47.7. The van der Waals surface area contributed by atoms with Crippen LogP contribution in [-0.4, -0.2) is 15.9 Å². The van der Waals surface area contributed by atoms with Gasteiger partial charge >= 0.3 is 0 Å². The molecule has 0 saturated heterocycles. The van der Waals surface area contributed by atoms with Crippen LogP contribution < -0.4 is 9.64 Å². The van der Waals surface area contributed by atoms with Crippen molar-refractivity contribution in [2.75, 3.05) is 4.90 Å². The molecule has 5 nitrogen and oxygen atoms in total. The predicted molar refractivity (Wildman–Crippen MR) is 138 cm³/mol. The Morgan fingerprint density at radius 3 is 2.37 bits per heavy atom. The SMILES string of the molecule is O=C(Cc1c(F)cc(F)cc1F)N(Cc1cccnc1)c1ccc(OCc2ccc3ccccc3n2)cc1. The highest BCUT2D eigenvalue weighted by Gasteiger charge is 2.21. The summed E-state index contributed by atoms with van der Waals surface area (Å²) in [6, 6.07) is 23.1. The molecule has 3 aromatic carbocycles. The molecule has 0 N–H and O–H groups in total. The van der Waals surface area contributed by atoms with Gasteiger partial charge in [0.25, 0.3) is 0 Å². The van der Waals surface area contributed by atoms with Gasteiger partial charge in [-0.2, -0.15) is 0 Å². The molecule has 0 atom stereocenters. The van der Waals surface area contributed by atoms with Crippen LogP contribution in [0.15, 0.2) is 97.3 Å². The first-order valence-electron chi connectivity index (χ1n) is 11.9. The molecule has 5 aromatic rings. The van der Waals surface area contributed by atoms with E-state index in [0.717, 1.165) is 22.2 Å². The number of nitrogens with zero attached hydrogens (tertiary/aromatic N) is 3. The molecule has 0 fully saturated rings. The zero-order valence-corrected chi connectivity index (χ0v) is 20.2. The van der Waals surface area contributed by atoms with E-state index in [0.29, 0.717) is 23.6 Å². The van der Waals surface area contributed by atoms with Crippen LogP contribution in [0.5, 0.6) is 5.75 Å². The van der Waals surface area contributed by atoms with Crippen LogP contribution in [0.2, 0.25) is 0 Å². The molecule has 0 saturated carbocycles. The number of benzene rings is 3. The van der Waals surface area contributed by atoms with E-state index >= 15 is 0 Å². The Balaban J connectivity index is 1.34. The number of hydrogen-bond donors (Lipinski definition) is 0. The molecule has 1 amide bonds.